The van der Waals surface area contributed by atoms with Gasteiger partial charge in [0.1, 0.15) is 17.2 Å². The molecule has 1 fully saturated rings. The van der Waals surface area contributed by atoms with Gasteiger partial charge in [-0.1, -0.05) is 31.2 Å². The zero-order valence-corrected chi connectivity index (χ0v) is 19.2. The minimum Gasteiger partial charge on any atom is -0.344 e. The van der Waals surface area contributed by atoms with Gasteiger partial charge in [-0.05, 0) is 61.7 Å². The average Bonchev–Trinajstić information content (AvgIpc) is 3.23. The highest BCUT2D eigenvalue weighted by atomic mass is 19.1. The van der Waals surface area contributed by atoms with E-state index >= 15 is 0 Å². The lowest BCUT2D eigenvalue weighted by Crippen LogP contribution is -2.43. The van der Waals surface area contributed by atoms with Gasteiger partial charge in [0.15, 0.2) is 5.78 Å². The van der Waals surface area contributed by atoms with E-state index in [4.69, 9.17) is 0 Å². The van der Waals surface area contributed by atoms with E-state index in [-0.39, 0.29) is 18.0 Å². The summed E-state index contributed by atoms with van der Waals surface area (Å²) in [6.45, 7) is 5.45. The molecule has 1 aromatic heterocycles. The molecule has 0 radical (unpaired) electrons. The van der Waals surface area contributed by atoms with E-state index in [0.29, 0.717) is 23.4 Å². The Morgan fingerprint density at radius 2 is 1.56 bits per heavy atom. The van der Waals surface area contributed by atoms with Gasteiger partial charge in [0.05, 0.1) is 6.54 Å². The van der Waals surface area contributed by atoms with Crippen molar-refractivity contribution in [1.29, 1.82) is 0 Å². The van der Waals surface area contributed by atoms with Crippen LogP contribution in [0, 0.1) is 25.5 Å². The lowest BCUT2D eigenvalue weighted by Gasteiger charge is -2.25. The fraction of sp³-hybridized carbons (Fsp3) is 0.269. The van der Waals surface area contributed by atoms with E-state index in [0.717, 1.165) is 16.2 Å². The van der Waals surface area contributed by atoms with Crippen molar-refractivity contribution in [2.24, 2.45) is 0 Å². The van der Waals surface area contributed by atoms with Gasteiger partial charge < -0.3 is 9.88 Å². The van der Waals surface area contributed by atoms with Crippen LogP contribution in [-0.4, -0.2) is 33.7 Å². The number of nitrogens with zero attached hydrogens (tertiary/aromatic N) is 2. The van der Waals surface area contributed by atoms with Gasteiger partial charge in [-0.25, -0.2) is 13.6 Å². The molecule has 3 amide bonds. The molecule has 1 aliphatic heterocycles. The van der Waals surface area contributed by atoms with Crippen LogP contribution in [-0.2, 0) is 16.9 Å². The number of halogens is 2. The van der Waals surface area contributed by atoms with Crippen molar-refractivity contribution in [3.63, 3.8) is 0 Å². The van der Waals surface area contributed by atoms with Crippen LogP contribution in [0.5, 0.6) is 0 Å². The number of aromatic nitrogens is 1. The van der Waals surface area contributed by atoms with E-state index in [1.807, 2.05) is 11.5 Å². The largest absolute Gasteiger partial charge is 0.344 e. The number of rotatable bonds is 7. The van der Waals surface area contributed by atoms with Crippen molar-refractivity contribution in [2.75, 3.05) is 6.54 Å². The fourth-order valence-corrected chi connectivity index (χ4v) is 4.47. The number of Topliss-reactive ketones (excluding diaryl/α,β-unsaturated/α-hetero) is 1. The molecule has 6 nitrogen and oxygen atoms in total. The molecule has 176 valence electrons. The van der Waals surface area contributed by atoms with E-state index in [1.165, 1.54) is 36.4 Å². The minimum atomic E-state index is -1.34. The zero-order valence-electron chi connectivity index (χ0n) is 19.2. The van der Waals surface area contributed by atoms with Gasteiger partial charge in [-0.3, -0.25) is 14.5 Å². The molecule has 34 heavy (non-hydrogen) atoms. The second kappa shape index (κ2) is 8.85. The average molecular weight is 466 g/mol. The van der Waals surface area contributed by atoms with Crippen molar-refractivity contribution in [3.8, 4) is 0 Å². The van der Waals surface area contributed by atoms with Crippen molar-refractivity contribution < 1.29 is 23.2 Å². The number of carbonyl (C=O) groups excluding carboxylic acids is 3. The van der Waals surface area contributed by atoms with Crippen LogP contribution in [0.15, 0.2) is 54.6 Å². The van der Waals surface area contributed by atoms with Gasteiger partial charge in [0.25, 0.3) is 5.91 Å². The van der Waals surface area contributed by atoms with Crippen LogP contribution in [0.25, 0.3) is 0 Å². The fourth-order valence-electron chi connectivity index (χ4n) is 4.47. The molecule has 4 rings (SSSR count). The van der Waals surface area contributed by atoms with Gasteiger partial charge in [0.2, 0.25) is 0 Å². The number of urea groups is 1. The van der Waals surface area contributed by atoms with Crippen molar-refractivity contribution >= 4 is 17.7 Å². The third-order valence-corrected chi connectivity index (χ3v) is 6.47. The van der Waals surface area contributed by atoms with E-state index in [2.05, 4.69) is 5.32 Å². The summed E-state index contributed by atoms with van der Waals surface area (Å²) in [5, 5.41) is 2.70. The smallest absolute Gasteiger partial charge is 0.325 e. The number of benzene rings is 2. The van der Waals surface area contributed by atoms with E-state index in [9.17, 15) is 23.2 Å². The molecule has 1 unspecified atom stereocenters. The number of carbonyl (C=O) groups is 3. The maximum Gasteiger partial charge on any atom is 0.325 e. The van der Waals surface area contributed by atoms with Crippen molar-refractivity contribution in [3.05, 3.63) is 94.3 Å². The van der Waals surface area contributed by atoms with Crippen LogP contribution < -0.4 is 5.32 Å². The summed E-state index contributed by atoms with van der Waals surface area (Å²) in [4.78, 5) is 40.1. The molecule has 0 saturated carbocycles. The zero-order chi connectivity index (χ0) is 24.6. The molecule has 2 heterocycles. The van der Waals surface area contributed by atoms with Crippen LogP contribution >= 0.6 is 0 Å². The minimum absolute atomic E-state index is 0.250. The monoisotopic (exact) mass is 465 g/mol. The SMILES string of the molecule is CCC1(c2ccc(F)cc2)NC(=O)N(CC(=O)c2cc(C)n(Cc3ccc(F)cc3)c2C)C1=O. The number of imide groups is 1. The van der Waals surface area contributed by atoms with Gasteiger partial charge >= 0.3 is 6.03 Å². The quantitative estimate of drug-likeness (QED) is 0.413. The number of aryl methyl sites for hydroxylation is 1. The lowest BCUT2D eigenvalue weighted by molar-refractivity contribution is -0.131. The molecule has 8 heteroatoms. The highest BCUT2D eigenvalue weighted by Gasteiger charge is 2.51. The number of amides is 3. The van der Waals surface area contributed by atoms with Crippen LogP contribution in [0.4, 0.5) is 13.6 Å². The Morgan fingerprint density at radius 1 is 0.971 bits per heavy atom. The third kappa shape index (κ3) is 4.00. The second-order valence-electron chi connectivity index (χ2n) is 8.51. The Bertz CT molecular complexity index is 1270. The normalized spacial score (nSPS) is 17.9. The van der Waals surface area contributed by atoms with Gasteiger partial charge in [-0.2, -0.15) is 0 Å². The van der Waals surface area contributed by atoms with E-state index < -0.39 is 29.8 Å². The topological polar surface area (TPSA) is 71.4 Å². The molecule has 2 aromatic carbocycles. The molecule has 0 spiro atoms. The van der Waals surface area contributed by atoms with Crippen molar-refractivity contribution in [2.45, 2.75) is 39.3 Å². The van der Waals surface area contributed by atoms with Gasteiger partial charge in [-0.15, -0.1) is 0 Å². The number of hydrogen-bond donors (Lipinski definition) is 1. The highest BCUT2D eigenvalue weighted by Crippen LogP contribution is 2.33. The maximum atomic E-state index is 13.4. The Labute approximate surface area is 196 Å². The summed E-state index contributed by atoms with van der Waals surface area (Å²) in [6, 6.07) is 12.6. The molecule has 0 aliphatic carbocycles. The first kappa shape index (κ1) is 23.4. The Hall–Kier alpha value is -3.81. The molecular weight excluding hydrogens is 440 g/mol. The Balaban J connectivity index is 1.57. The molecule has 1 N–H and O–H groups in total. The van der Waals surface area contributed by atoms with Gasteiger partial charge in [0, 0.05) is 23.5 Å². The predicted octanol–water partition coefficient (Wildman–Crippen LogP) is 4.47. The third-order valence-electron chi connectivity index (χ3n) is 6.47. The summed E-state index contributed by atoms with van der Waals surface area (Å²) >= 11 is 0. The maximum absolute atomic E-state index is 13.4. The Morgan fingerprint density at radius 3 is 2.15 bits per heavy atom. The van der Waals surface area contributed by atoms with Crippen molar-refractivity contribution in [1.82, 2.24) is 14.8 Å². The molecular formula is C26H25F2N3O3. The molecule has 1 saturated heterocycles. The standard InChI is InChI=1S/C26H25F2N3O3/c1-4-26(19-7-11-21(28)12-8-19)24(33)31(25(34)29-26)15-23(32)22-13-16(2)30(17(22)3)14-18-5-9-20(27)10-6-18/h5-13H,4,14-15H2,1-3H3,(H,29,34). The first-order valence-corrected chi connectivity index (χ1v) is 11.0. The summed E-state index contributed by atoms with van der Waals surface area (Å²) in [5.74, 6) is -1.68. The number of nitrogens with one attached hydrogen (secondary N) is 1. The first-order valence-electron chi connectivity index (χ1n) is 11.0. The summed E-state index contributed by atoms with van der Waals surface area (Å²) < 4.78 is 28.6. The number of hydrogen-bond acceptors (Lipinski definition) is 3. The lowest BCUT2D eigenvalue weighted by atomic mass is 9.87. The van der Waals surface area contributed by atoms with E-state index in [1.54, 1.807) is 32.0 Å². The summed E-state index contributed by atoms with van der Waals surface area (Å²) in [7, 11) is 0. The van der Waals surface area contributed by atoms with Crippen LogP contribution in [0.2, 0.25) is 0 Å². The van der Waals surface area contributed by atoms with Crippen LogP contribution in [0.1, 0.15) is 46.2 Å². The predicted molar refractivity (Wildman–Crippen MR) is 122 cm³/mol. The highest BCUT2D eigenvalue weighted by molar-refractivity contribution is 6.11. The molecule has 1 atom stereocenters. The first-order chi connectivity index (χ1) is 16.2. The summed E-state index contributed by atoms with van der Waals surface area (Å²) in [5.41, 5.74) is 1.93. The molecule has 3 aromatic rings. The number of ketones is 1. The molecule has 1 aliphatic rings. The second-order valence-corrected chi connectivity index (χ2v) is 8.51. The Kier molecular flexibility index (Phi) is 6.08. The summed E-state index contributed by atoms with van der Waals surface area (Å²) in [6.07, 6.45) is 0.250. The molecule has 0 bridgehead atoms. The van der Waals surface area contributed by atoms with Crippen LogP contribution in [0.3, 0.4) is 0 Å².